The standard InChI is InChI=1S/C25H27N5O4S/c1-17-14-21(18(2)30(17)19-6-4-3-5-7-19)24(31)16-28-10-12-29(13-11-28)35(33,34)20-8-9-22-23(15-20)27-25(32)26-22/h3-9,14-15H,10-13,16H2,1-2H3,(H2,26,27,32). The van der Waals surface area contributed by atoms with Crippen molar-refractivity contribution in [3.05, 3.63) is 82.0 Å². The molecule has 2 N–H and O–H groups in total. The first-order valence-corrected chi connectivity index (χ1v) is 12.9. The number of Topliss-reactive ketones (excluding diaryl/α,β-unsaturated/α-hetero) is 1. The van der Waals surface area contributed by atoms with E-state index >= 15 is 0 Å². The number of aromatic amines is 2. The van der Waals surface area contributed by atoms with E-state index < -0.39 is 10.0 Å². The second-order valence-electron chi connectivity index (χ2n) is 8.85. The van der Waals surface area contributed by atoms with Gasteiger partial charge < -0.3 is 14.5 Å². The number of carbonyl (C=O) groups is 1. The molecule has 0 radical (unpaired) electrons. The average Bonchev–Trinajstić information content (AvgIpc) is 3.37. The lowest BCUT2D eigenvalue weighted by atomic mass is 10.1. The maximum absolute atomic E-state index is 13.1. The third kappa shape index (κ3) is 4.36. The van der Waals surface area contributed by atoms with Crippen LogP contribution in [0.5, 0.6) is 0 Å². The number of ketones is 1. The first-order chi connectivity index (χ1) is 16.7. The molecule has 1 saturated heterocycles. The molecule has 5 rings (SSSR count). The van der Waals surface area contributed by atoms with E-state index in [1.165, 1.54) is 16.4 Å². The molecule has 10 heteroatoms. The van der Waals surface area contributed by atoms with Gasteiger partial charge in [0.2, 0.25) is 10.0 Å². The van der Waals surface area contributed by atoms with Crippen LogP contribution in [0.2, 0.25) is 0 Å². The molecular weight excluding hydrogens is 466 g/mol. The molecule has 0 amide bonds. The Labute approximate surface area is 203 Å². The van der Waals surface area contributed by atoms with Gasteiger partial charge in [-0.25, -0.2) is 13.2 Å². The Morgan fingerprint density at radius 1 is 0.914 bits per heavy atom. The Hall–Kier alpha value is -3.47. The van der Waals surface area contributed by atoms with Gasteiger partial charge in [-0.1, -0.05) is 18.2 Å². The van der Waals surface area contributed by atoms with Gasteiger partial charge in [0, 0.05) is 48.8 Å². The van der Waals surface area contributed by atoms with Crippen LogP contribution < -0.4 is 5.69 Å². The summed E-state index contributed by atoms with van der Waals surface area (Å²) >= 11 is 0. The highest BCUT2D eigenvalue weighted by Crippen LogP contribution is 2.23. The van der Waals surface area contributed by atoms with Crippen LogP contribution in [0.15, 0.2) is 64.3 Å². The van der Waals surface area contributed by atoms with Gasteiger partial charge in [0.25, 0.3) is 0 Å². The summed E-state index contributed by atoms with van der Waals surface area (Å²) in [5.41, 5.74) is 4.24. The van der Waals surface area contributed by atoms with Crippen LogP contribution in [0, 0.1) is 13.8 Å². The second kappa shape index (κ2) is 8.95. The quantitative estimate of drug-likeness (QED) is 0.401. The first-order valence-electron chi connectivity index (χ1n) is 11.5. The lowest BCUT2D eigenvalue weighted by Crippen LogP contribution is -2.49. The molecule has 1 aliphatic rings. The average molecular weight is 494 g/mol. The van der Waals surface area contributed by atoms with E-state index in [4.69, 9.17) is 0 Å². The SMILES string of the molecule is Cc1cc(C(=O)CN2CCN(S(=O)(=O)c3ccc4[nH]c(=O)[nH]c4c3)CC2)c(C)n1-c1ccccc1. The summed E-state index contributed by atoms with van der Waals surface area (Å²) in [5, 5.41) is 0. The van der Waals surface area contributed by atoms with Crippen molar-refractivity contribution in [1.82, 2.24) is 23.7 Å². The monoisotopic (exact) mass is 493 g/mol. The summed E-state index contributed by atoms with van der Waals surface area (Å²) in [6.45, 7) is 5.69. The van der Waals surface area contributed by atoms with Crippen LogP contribution >= 0.6 is 0 Å². The van der Waals surface area contributed by atoms with E-state index in [2.05, 4.69) is 14.5 Å². The molecule has 2 aromatic carbocycles. The minimum Gasteiger partial charge on any atom is -0.318 e. The maximum Gasteiger partial charge on any atom is 0.323 e. The van der Waals surface area contributed by atoms with E-state index in [0.29, 0.717) is 42.8 Å². The molecule has 182 valence electrons. The number of hydrogen-bond donors (Lipinski definition) is 2. The lowest BCUT2D eigenvalue weighted by molar-refractivity contribution is 0.0901. The number of carbonyl (C=O) groups excluding carboxylic acids is 1. The Kier molecular flexibility index (Phi) is 5.96. The number of rotatable bonds is 6. The van der Waals surface area contributed by atoms with Gasteiger partial charge >= 0.3 is 5.69 Å². The maximum atomic E-state index is 13.1. The van der Waals surface area contributed by atoms with Crippen molar-refractivity contribution in [2.75, 3.05) is 32.7 Å². The number of sulfonamides is 1. The summed E-state index contributed by atoms with van der Waals surface area (Å²) in [7, 11) is -3.71. The zero-order valence-corrected chi connectivity index (χ0v) is 20.4. The molecule has 0 unspecified atom stereocenters. The van der Waals surface area contributed by atoms with Crippen molar-refractivity contribution in [2.24, 2.45) is 0 Å². The van der Waals surface area contributed by atoms with E-state index in [9.17, 15) is 18.0 Å². The molecule has 1 aliphatic heterocycles. The van der Waals surface area contributed by atoms with Crippen molar-refractivity contribution in [3.63, 3.8) is 0 Å². The predicted octanol–water partition coefficient (Wildman–Crippen LogP) is 2.45. The highest BCUT2D eigenvalue weighted by Gasteiger charge is 2.30. The van der Waals surface area contributed by atoms with Crippen LogP contribution in [-0.2, 0) is 10.0 Å². The van der Waals surface area contributed by atoms with Crippen molar-refractivity contribution in [2.45, 2.75) is 18.7 Å². The zero-order chi connectivity index (χ0) is 24.7. The van der Waals surface area contributed by atoms with Crippen molar-refractivity contribution < 1.29 is 13.2 Å². The van der Waals surface area contributed by atoms with Gasteiger partial charge in [0.05, 0.1) is 22.5 Å². The number of aromatic nitrogens is 3. The van der Waals surface area contributed by atoms with Crippen LogP contribution in [0.1, 0.15) is 21.7 Å². The minimum absolute atomic E-state index is 0.0263. The smallest absolute Gasteiger partial charge is 0.318 e. The van der Waals surface area contributed by atoms with E-state index in [0.717, 1.165) is 17.1 Å². The molecule has 9 nitrogen and oxygen atoms in total. The van der Waals surface area contributed by atoms with Gasteiger partial charge in [-0.15, -0.1) is 0 Å². The summed E-state index contributed by atoms with van der Waals surface area (Å²) in [6, 6.07) is 16.4. The van der Waals surface area contributed by atoms with Crippen molar-refractivity contribution in [1.29, 1.82) is 0 Å². The fourth-order valence-corrected chi connectivity index (χ4v) is 6.21. The Morgan fingerprint density at radius 3 is 2.31 bits per heavy atom. The van der Waals surface area contributed by atoms with Crippen LogP contribution in [0.3, 0.4) is 0 Å². The van der Waals surface area contributed by atoms with Crippen LogP contribution in [-0.4, -0.2) is 70.7 Å². The fraction of sp³-hybridized carbons (Fsp3) is 0.280. The van der Waals surface area contributed by atoms with Crippen LogP contribution in [0.4, 0.5) is 0 Å². The number of fused-ring (bicyclic) bond motifs is 1. The predicted molar refractivity (Wildman–Crippen MR) is 134 cm³/mol. The minimum atomic E-state index is -3.71. The summed E-state index contributed by atoms with van der Waals surface area (Å²) in [6.07, 6.45) is 0. The molecule has 0 bridgehead atoms. The molecule has 0 aliphatic carbocycles. The van der Waals surface area contributed by atoms with Gasteiger partial charge in [0.15, 0.2) is 5.78 Å². The van der Waals surface area contributed by atoms with Gasteiger partial charge in [-0.05, 0) is 50.2 Å². The first kappa shape index (κ1) is 23.3. The molecule has 0 spiro atoms. The van der Waals surface area contributed by atoms with Crippen LogP contribution in [0.25, 0.3) is 16.7 Å². The van der Waals surface area contributed by atoms with Gasteiger partial charge in [-0.2, -0.15) is 4.31 Å². The highest BCUT2D eigenvalue weighted by molar-refractivity contribution is 7.89. The van der Waals surface area contributed by atoms with Crippen molar-refractivity contribution in [3.8, 4) is 5.69 Å². The van der Waals surface area contributed by atoms with E-state index in [-0.39, 0.29) is 22.9 Å². The molecular formula is C25H27N5O4S. The zero-order valence-electron chi connectivity index (χ0n) is 19.6. The number of imidazole rings is 1. The molecule has 1 fully saturated rings. The molecule has 0 saturated carbocycles. The Morgan fingerprint density at radius 2 is 1.60 bits per heavy atom. The third-order valence-corrected chi connectivity index (χ3v) is 8.46. The normalized spacial score (nSPS) is 15.6. The number of nitrogens with zero attached hydrogens (tertiary/aromatic N) is 3. The number of benzene rings is 2. The van der Waals surface area contributed by atoms with Gasteiger partial charge in [-0.3, -0.25) is 9.69 Å². The summed E-state index contributed by atoms with van der Waals surface area (Å²) < 4.78 is 29.8. The number of hydrogen-bond acceptors (Lipinski definition) is 5. The molecule has 3 heterocycles. The molecule has 0 atom stereocenters. The fourth-order valence-electron chi connectivity index (χ4n) is 4.76. The van der Waals surface area contributed by atoms with Gasteiger partial charge in [0.1, 0.15) is 0 Å². The number of aryl methyl sites for hydroxylation is 1. The van der Waals surface area contributed by atoms with E-state index in [1.54, 1.807) is 6.07 Å². The third-order valence-electron chi connectivity index (χ3n) is 6.57. The van der Waals surface area contributed by atoms with E-state index in [1.807, 2.05) is 55.1 Å². The number of H-pyrrole nitrogens is 2. The topological polar surface area (TPSA) is 111 Å². The highest BCUT2D eigenvalue weighted by atomic mass is 32.2. The molecule has 2 aromatic heterocycles. The Bertz CT molecular complexity index is 1560. The number of para-hydroxylation sites is 1. The molecule has 4 aromatic rings. The lowest BCUT2D eigenvalue weighted by Gasteiger charge is -2.33. The number of piperazine rings is 1. The summed E-state index contributed by atoms with van der Waals surface area (Å²) in [4.78, 5) is 32.0. The largest absolute Gasteiger partial charge is 0.323 e. The summed E-state index contributed by atoms with van der Waals surface area (Å²) in [5.74, 6) is 0.0263. The number of nitrogens with one attached hydrogen (secondary N) is 2. The Balaban J connectivity index is 1.26. The van der Waals surface area contributed by atoms with Crippen molar-refractivity contribution >= 4 is 26.8 Å². The molecule has 35 heavy (non-hydrogen) atoms. The second-order valence-corrected chi connectivity index (χ2v) is 10.8.